The van der Waals surface area contributed by atoms with E-state index in [4.69, 9.17) is 14.6 Å². The van der Waals surface area contributed by atoms with Crippen LogP contribution >= 0.6 is 0 Å². The molecular weight excluding hydrogens is 380 g/mol. The zero-order valence-corrected chi connectivity index (χ0v) is 17.3. The minimum atomic E-state index is -0.698. The summed E-state index contributed by atoms with van der Waals surface area (Å²) in [6.07, 6.45) is 2.01. The monoisotopic (exact) mass is 406 g/mol. The van der Waals surface area contributed by atoms with Gasteiger partial charge in [0.2, 0.25) is 0 Å². The van der Waals surface area contributed by atoms with E-state index < -0.39 is 5.97 Å². The maximum atomic E-state index is 11.1. The van der Waals surface area contributed by atoms with E-state index in [1.165, 1.54) is 11.1 Å². The van der Waals surface area contributed by atoms with Gasteiger partial charge in [-0.1, -0.05) is 12.1 Å². The lowest BCUT2D eigenvalue weighted by Crippen LogP contribution is -2.51. The fraction of sp³-hybridized carbons (Fsp3) is 0.417. The van der Waals surface area contributed by atoms with E-state index in [-0.39, 0.29) is 12.0 Å². The standard InChI is InChI=1S/C24H26N2O4/c1-15(2)30-23-8-3-16(9-18(23)11-25)14-29-20-5-6-21-17(10-20)4-7-22(21)26-12-19(13-26)24(27)28/h3,5-6,8-10,15,19,22H,4,7,12-14H2,1-2H3,(H,27,28). The second-order valence-electron chi connectivity index (χ2n) is 8.30. The minimum absolute atomic E-state index is 0.0146. The molecule has 1 fully saturated rings. The van der Waals surface area contributed by atoms with Crippen molar-refractivity contribution in [1.82, 2.24) is 4.90 Å². The van der Waals surface area contributed by atoms with Gasteiger partial charge in [-0.15, -0.1) is 0 Å². The lowest BCUT2D eigenvalue weighted by molar-refractivity contribution is -0.148. The summed E-state index contributed by atoms with van der Waals surface area (Å²) >= 11 is 0. The molecule has 2 aromatic carbocycles. The van der Waals surface area contributed by atoms with Gasteiger partial charge in [0.15, 0.2) is 0 Å². The Morgan fingerprint density at radius 3 is 2.77 bits per heavy atom. The van der Waals surface area contributed by atoms with Gasteiger partial charge in [0, 0.05) is 19.1 Å². The first-order valence-corrected chi connectivity index (χ1v) is 10.4. The molecule has 1 saturated heterocycles. The molecule has 1 heterocycles. The molecule has 0 radical (unpaired) electrons. The fourth-order valence-corrected chi connectivity index (χ4v) is 4.24. The zero-order chi connectivity index (χ0) is 21.3. The van der Waals surface area contributed by atoms with E-state index in [0.29, 0.717) is 37.1 Å². The van der Waals surface area contributed by atoms with E-state index in [1.54, 1.807) is 0 Å². The normalized spacial score (nSPS) is 18.5. The van der Waals surface area contributed by atoms with Gasteiger partial charge in [-0.3, -0.25) is 9.69 Å². The van der Waals surface area contributed by atoms with Crippen molar-refractivity contribution >= 4 is 5.97 Å². The number of nitrogens with zero attached hydrogens (tertiary/aromatic N) is 2. The largest absolute Gasteiger partial charge is 0.490 e. The number of rotatable bonds is 7. The number of carboxylic acids is 1. The van der Waals surface area contributed by atoms with Crippen molar-refractivity contribution in [2.45, 2.75) is 45.4 Å². The highest BCUT2D eigenvalue weighted by Gasteiger charge is 2.39. The fourth-order valence-electron chi connectivity index (χ4n) is 4.24. The van der Waals surface area contributed by atoms with Gasteiger partial charge in [-0.2, -0.15) is 5.26 Å². The maximum absolute atomic E-state index is 11.1. The molecule has 1 aliphatic heterocycles. The molecule has 0 saturated carbocycles. The third kappa shape index (κ3) is 4.12. The Labute approximate surface area is 176 Å². The number of hydrogen-bond donors (Lipinski definition) is 1. The van der Waals surface area contributed by atoms with Gasteiger partial charge >= 0.3 is 5.97 Å². The molecule has 1 atom stereocenters. The van der Waals surface area contributed by atoms with Crippen LogP contribution in [-0.4, -0.2) is 35.2 Å². The van der Waals surface area contributed by atoms with Crippen molar-refractivity contribution in [2.75, 3.05) is 13.1 Å². The Balaban J connectivity index is 1.39. The lowest BCUT2D eigenvalue weighted by atomic mass is 9.95. The molecule has 0 spiro atoms. The van der Waals surface area contributed by atoms with Gasteiger partial charge < -0.3 is 14.6 Å². The predicted molar refractivity (Wildman–Crippen MR) is 111 cm³/mol. The molecule has 6 heteroatoms. The number of fused-ring (bicyclic) bond motifs is 1. The molecule has 1 unspecified atom stereocenters. The Bertz CT molecular complexity index is 989. The molecule has 2 aromatic rings. The molecule has 30 heavy (non-hydrogen) atoms. The van der Waals surface area contributed by atoms with Gasteiger partial charge in [-0.05, 0) is 67.6 Å². The van der Waals surface area contributed by atoms with Gasteiger partial charge in [0.1, 0.15) is 24.2 Å². The Morgan fingerprint density at radius 1 is 1.27 bits per heavy atom. The molecule has 0 aromatic heterocycles. The van der Waals surface area contributed by atoms with Crippen LogP contribution in [-0.2, 0) is 17.8 Å². The SMILES string of the molecule is CC(C)Oc1ccc(COc2ccc3c(c2)CCC3N2CC(C(=O)O)C2)cc1C#N. The van der Waals surface area contributed by atoms with Gasteiger partial charge in [0.05, 0.1) is 17.6 Å². The molecule has 1 aliphatic carbocycles. The van der Waals surface area contributed by atoms with Crippen molar-refractivity contribution in [2.24, 2.45) is 5.92 Å². The third-order valence-corrected chi connectivity index (χ3v) is 5.79. The van der Waals surface area contributed by atoms with Crippen LogP contribution in [0.5, 0.6) is 11.5 Å². The van der Waals surface area contributed by atoms with Crippen LogP contribution in [0, 0.1) is 17.2 Å². The number of carbonyl (C=O) groups is 1. The molecule has 0 bridgehead atoms. The average molecular weight is 406 g/mol. The van der Waals surface area contributed by atoms with Crippen LogP contribution < -0.4 is 9.47 Å². The second-order valence-corrected chi connectivity index (χ2v) is 8.30. The number of likely N-dealkylation sites (tertiary alicyclic amines) is 1. The topological polar surface area (TPSA) is 82.8 Å². The van der Waals surface area contributed by atoms with Crippen LogP contribution in [0.3, 0.4) is 0 Å². The molecular formula is C24H26N2O4. The summed E-state index contributed by atoms with van der Waals surface area (Å²) < 4.78 is 11.6. The molecule has 1 N–H and O–H groups in total. The number of aliphatic carboxylic acids is 1. The van der Waals surface area contributed by atoms with Crippen molar-refractivity contribution in [3.8, 4) is 17.6 Å². The van der Waals surface area contributed by atoms with Crippen molar-refractivity contribution in [3.05, 3.63) is 58.7 Å². The quantitative estimate of drug-likeness (QED) is 0.750. The summed E-state index contributed by atoms with van der Waals surface area (Å²) in [7, 11) is 0. The van der Waals surface area contributed by atoms with Crippen molar-refractivity contribution in [1.29, 1.82) is 5.26 Å². The van der Waals surface area contributed by atoms with Crippen molar-refractivity contribution < 1.29 is 19.4 Å². The summed E-state index contributed by atoms with van der Waals surface area (Å²) in [4.78, 5) is 13.3. The van der Waals surface area contributed by atoms with E-state index in [2.05, 4.69) is 23.1 Å². The number of nitriles is 1. The summed E-state index contributed by atoms with van der Waals surface area (Å²) in [5, 5.41) is 18.5. The van der Waals surface area contributed by atoms with Crippen LogP contribution in [0.15, 0.2) is 36.4 Å². The summed E-state index contributed by atoms with van der Waals surface area (Å²) in [6.45, 7) is 5.52. The Hall–Kier alpha value is -3.04. The number of benzene rings is 2. The summed E-state index contributed by atoms with van der Waals surface area (Å²) in [5.41, 5.74) is 3.99. The van der Waals surface area contributed by atoms with Crippen LogP contribution in [0.1, 0.15) is 48.6 Å². The van der Waals surface area contributed by atoms with Crippen LogP contribution in [0.4, 0.5) is 0 Å². The van der Waals surface area contributed by atoms with E-state index >= 15 is 0 Å². The number of carboxylic acid groups (broad SMARTS) is 1. The smallest absolute Gasteiger partial charge is 0.309 e. The number of aryl methyl sites for hydroxylation is 1. The van der Waals surface area contributed by atoms with E-state index in [0.717, 1.165) is 24.2 Å². The van der Waals surface area contributed by atoms with E-state index in [1.807, 2.05) is 38.1 Å². The van der Waals surface area contributed by atoms with Crippen molar-refractivity contribution in [3.63, 3.8) is 0 Å². The first-order chi connectivity index (χ1) is 14.4. The molecule has 156 valence electrons. The summed E-state index contributed by atoms with van der Waals surface area (Å²) in [5.74, 6) is 0.474. The van der Waals surface area contributed by atoms with Gasteiger partial charge in [0.25, 0.3) is 0 Å². The highest BCUT2D eigenvalue weighted by atomic mass is 16.5. The Morgan fingerprint density at radius 2 is 2.07 bits per heavy atom. The first-order valence-electron chi connectivity index (χ1n) is 10.4. The van der Waals surface area contributed by atoms with Crippen LogP contribution in [0.25, 0.3) is 0 Å². The number of ether oxygens (including phenoxy) is 2. The van der Waals surface area contributed by atoms with E-state index in [9.17, 15) is 10.1 Å². The number of hydrogen-bond acceptors (Lipinski definition) is 5. The minimum Gasteiger partial charge on any atom is -0.490 e. The molecule has 0 amide bonds. The van der Waals surface area contributed by atoms with Crippen LogP contribution in [0.2, 0.25) is 0 Å². The highest BCUT2D eigenvalue weighted by Crippen LogP contribution is 2.40. The average Bonchev–Trinajstić information content (AvgIpc) is 3.08. The Kier molecular flexibility index (Phi) is 5.65. The zero-order valence-electron chi connectivity index (χ0n) is 17.3. The highest BCUT2D eigenvalue weighted by molar-refractivity contribution is 5.71. The summed E-state index contributed by atoms with van der Waals surface area (Å²) in [6, 6.07) is 14.2. The van der Waals surface area contributed by atoms with Gasteiger partial charge in [-0.25, -0.2) is 0 Å². The molecule has 2 aliphatic rings. The molecule has 6 nitrogen and oxygen atoms in total. The molecule has 4 rings (SSSR count). The maximum Gasteiger partial charge on any atom is 0.309 e. The predicted octanol–water partition coefficient (Wildman–Crippen LogP) is 3.93. The first kappa shape index (κ1) is 20.2. The second kappa shape index (κ2) is 8.37. The third-order valence-electron chi connectivity index (χ3n) is 5.79. The lowest BCUT2D eigenvalue weighted by Gasteiger charge is -2.41.